The molecule has 1 saturated heterocycles. The summed E-state index contributed by atoms with van der Waals surface area (Å²) < 4.78 is 53.5. The Labute approximate surface area is 271 Å². The maximum Gasteiger partial charge on any atom is 0.256 e. The zero-order valence-electron chi connectivity index (χ0n) is 25.6. The highest BCUT2D eigenvalue weighted by molar-refractivity contribution is 7.90. The molecule has 3 N–H and O–H groups in total. The molecule has 0 bridgehead atoms. The van der Waals surface area contributed by atoms with Crippen molar-refractivity contribution in [2.24, 2.45) is 5.92 Å². The van der Waals surface area contributed by atoms with Crippen LogP contribution < -0.4 is 15.5 Å². The van der Waals surface area contributed by atoms with Crippen LogP contribution in [-0.2, 0) is 10.0 Å². The van der Waals surface area contributed by atoms with Crippen LogP contribution in [0.1, 0.15) is 51.4 Å². The second-order valence-corrected chi connectivity index (χ2v) is 14.6. The van der Waals surface area contributed by atoms with E-state index in [1.165, 1.54) is 12.4 Å². The van der Waals surface area contributed by atoms with E-state index < -0.39 is 15.9 Å². The molecule has 5 heterocycles. The summed E-state index contributed by atoms with van der Waals surface area (Å²) in [6, 6.07) is 3.75. The molecule has 47 heavy (non-hydrogen) atoms. The first kappa shape index (κ1) is 31.3. The molecule has 2 aliphatic carbocycles. The van der Waals surface area contributed by atoms with Gasteiger partial charge in [-0.05, 0) is 50.5 Å². The summed E-state index contributed by atoms with van der Waals surface area (Å²) in [5.74, 6) is -0.492. The number of anilines is 4. The Hall–Kier alpha value is -4.31. The summed E-state index contributed by atoms with van der Waals surface area (Å²) in [6.45, 7) is 0.633. The van der Waals surface area contributed by atoms with Crippen LogP contribution in [0, 0.1) is 5.92 Å². The average molecular weight is 667 g/mol. The van der Waals surface area contributed by atoms with E-state index >= 15 is 0 Å². The van der Waals surface area contributed by atoms with Gasteiger partial charge in [0.25, 0.3) is 15.9 Å². The molecule has 1 aliphatic heterocycles. The smallest absolute Gasteiger partial charge is 0.256 e. The summed E-state index contributed by atoms with van der Waals surface area (Å²) in [5, 5.41) is 20.1. The van der Waals surface area contributed by atoms with E-state index in [-0.39, 0.29) is 43.8 Å². The highest BCUT2D eigenvalue weighted by Gasteiger charge is 2.38. The van der Waals surface area contributed by atoms with Crippen LogP contribution in [0.4, 0.5) is 31.9 Å². The second kappa shape index (κ2) is 12.7. The quantitative estimate of drug-likeness (QED) is 0.218. The van der Waals surface area contributed by atoms with Gasteiger partial charge in [0.05, 0.1) is 41.3 Å². The molecule has 16 heteroatoms. The number of nitrogens with zero attached hydrogens (tertiary/aromatic N) is 8. The van der Waals surface area contributed by atoms with Gasteiger partial charge in [-0.1, -0.05) is 0 Å². The largest absolute Gasteiger partial charge is 0.396 e. The minimum absolute atomic E-state index is 0.183. The van der Waals surface area contributed by atoms with Crippen molar-refractivity contribution in [3.8, 4) is 22.6 Å². The van der Waals surface area contributed by atoms with E-state index in [0.717, 1.165) is 41.0 Å². The molecule has 0 unspecified atom stereocenters. The Balaban J connectivity index is 1.12. The van der Waals surface area contributed by atoms with Gasteiger partial charge >= 0.3 is 0 Å². The standard InChI is InChI=1S/C31H36F2N10O3S/c32-31(33)8-11-42(12-9-31)29-17-35-26(16-37-29)24-15-36-28(13-25(24)39-22-3-1-20(19-44)2-4-22)40-27-7-10-34-30(41-27)21-14-38-43(18-21)47(45,46)23-5-6-23/h7,10,13-18,20,22-23,44H,1-6,8-9,11-12,19H2,(H2,34,36,39,40,41). The van der Waals surface area contributed by atoms with Crippen molar-refractivity contribution < 1.29 is 22.3 Å². The lowest BCUT2D eigenvalue weighted by Gasteiger charge is -2.32. The summed E-state index contributed by atoms with van der Waals surface area (Å²) in [7, 11) is -3.51. The Morgan fingerprint density at radius 3 is 2.43 bits per heavy atom. The van der Waals surface area contributed by atoms with Crippen molar-refractivity contribution in [3.05, 3.63) is 49.3 Å². The monoisotopic (exact) mass is 666 g/mol. The van der Waals surface area contributed by atoms with Crippen LogP contribution >= 0.6 is 0 Å². The average Bonchev–Trinajstić information content (AvgIpc) is 3.82. The van der Waals surface area contributed by atoms with Crippen molar-refractivity contribution in [3.63, 3.8) is 0 Å². The van der Waals surface area contributed by atoms with E-state index in [4.69, 9.17) is 0 Å². The number of aliphatic hydroxyl groups excluding tert-OH is 1. The zero-order valence-corrected chi connectivity index (χ0v) is 26.5. The summed E-state index contributed by atoms with van der Waals surface area (Å²) in [5.41, 5.74) is 2.58. The predicted molar refractivity (Wildman–Crippen MR) is 172 cm³/mol. The number of rotatable bonds is 10. The minimum atomic E-state index is -3.51. The Morgan fingerprint density at radius 2 is 1.72 bits per heavy atom. The maximum atomic E-state index is 13.7. The maximum absolute atomic E-state index is 13.7. The lowest BCUT2D eigenvalue weighted by molar-refractivity contribution is -0.0221. The molecule has 13 nitrogen and oxygen atoms in total. The van der Waals surface area contributed by atoms with Gasteiger partial charge in [-0.15, -0.1) is 0 Å². The fraction of sp³-hybridized carbons (Fsp3) is 0.484. The fourth-order valence-corrected chi connectivity index (χ4v) is 7.50. The first-order valence-corrected chi connectivity index (χ1v) is 17.4. The van der Waals surface area contributed by atoms with Crippen molar-refractivity contribution in [2.45, 2.75) is 68.6 Å². The molecular weight excluding hydrogens is 630 g/mol. The summed E-state index contributed by atoms with van der Waals surface area (Å²) >= 11 is 0. The topological polar surface area (TPSA) is 164 Å². The molecule has 0 aromatic carbocycles. The number of hydrogen-bond donors (Lipinski definition) is 3. The molecule has 4 aromatic rings. The van der Waals surface area contributed by atoms with Crippen molar-refractivity contribution in [1.82, 2.24) is 34.1 Å². The third-order valence-electron chi connectivity index (χ3n) is 9.04. The molecule has 0 spiro atoms. The predicted octanol–water partition coefficient (Wildman–Crippen LogP) is 4.47. The normalized spacial score (nSPS) is 21.4. The summed E-state index contributed by atoms with van der Waals surface area (Å²) in [6.07, 6.45) is 13.9. The SMILES string of the molecule is O=S(=O)(C1CC1)n1cc(-c2nccc(Nc3cc(NC4CCC(CO)CC4)c(-c4cnc(N5CCC(F)(F)CC5)cn4)cn3)n2)cn1. The molecule has 0 atom stereocenters. The highest BCUT2D eigenvalue weighted by atomic mass is 32.2. The van der Waals surface area contributed by atoms with Crippen molar-refractivity contribution >= 4 is 33.2 Å². The second-order valence-electron chi connectivity index (χ2n) is 12.5. The van der Waals surface area contributed by atoms with Gasteiger partial charge in [-0.3, -0.25) is 4.98 Å². The van der Waals surface area contributed by atoms with Gasteiger partial charge in [-0.2, -0.15) is 9.19 Å². The van der Waals surface area contributed by atoms with Gasteiger partial charge in [0, 0.05) is 68.3 Å². The third-order valence-corrected chi connectivity index (χ3v) is 11.1. The van der Waals surface area contributed by atoms with E-state index in [9.17, 15) is 22.3 Å². The third kappa shape index (κ3) is 7.02. The fourth-order valence-electron chi connectivity index (χ4n) is 6.02. The molecule has 3 fully saturated rings. The molecule has 0 radical (unpaired) electrons. The zero-order chi connectivity index (χ0) is 32.6. The Bertz CT molecular complexity index is 1820. The highest BCUT2D eigenvalue weighted by Crippen LogP contribution is 2.35. The number of hydrogen-bond acceptors (Lipinski definition) is 12. The van der Waals surface area contributed by atoms with Crippen LogP contribution in [-0.4, -0.2) is 84.5 Å². The number of alkyl halides is 2. The lowest BCUT2D eigenvalue weighted by atomic mass is 9.86. The van der Waals surface area contributed by atoms with Gasteiger partial charge in [0.1, 0.15) is 17.5 Å². The van der Waals surface area contributed by atoms with E-state index in [0.29, 0.717) is 53.3 Å². The first-order valence-electron chi connectivity index (χ1n) is 15.9. The molecule has 248 valence electrons. The number of pyridine rings is 1. The van der Waals surface area contributed by atoms with Crippen molar-refractivity contribution in [2.75, 3.05) is 35.2 Å². The number of nitrogens with one attached hydrogen (secondary N) is 2. The molecular formula is C31H36F2N10O3S. The van der Waals surface area contributed by atoms with Crippen LogP contribution in [0.3, 0.4) is 0 Å². The molecule has 4 aromatic heterocycles. The molecule has 7 rings (SSSR count). The van der Waals surface area contributed by atoms with Crippen LogP contribution in [0.5, 0.6) is 0 Å². The number of aliphatic hydroxyl groups is 1. The van der Waals surface area contributed by atoms with E-state index in [2.05, 4.69) is 40.7 Å². The lowest BCUT2D eigenvalue weighted by Crippen LogP contribution is -2.39. The Kier molecular flexibility index (Phi) is 8.46. The van der Waals surface area contributed by atoms with Gasteiger partial charge < -0.3 is 20.6 Å². The molecule has 0 amide bonds. The number of piperidine rings is 1. The number of halogens is 2. The minimum Gasteiger partial charge on any atom is -0.396 e. The number of aromatic nitrogens is 7. The van der Waals surface area contributed by atoms with E-state index in [1.54, 1.807) is 30.9 Å². The van der Waals surface area contributed by atoms with Crippen LogP contribution in [0.15, 0.2) is 49.3 Å². The van der Waals surface area contributed by atoms with E-state index in [1.807, 2.05) is 11.0 Å². The van der Waals surface area contributed by atoms with Crippen LogP contribution in [0.25, 0.3) is 22.6 Å². The van der Waals surface area contributed by atoms with Gasteiger partial charge in [0.2, 0.25) is 0 Å². The van der Waals surface area contributed by atoms with Crippen molar-refractivity contribution in [1.29, 1.82) is 0 Å². The first-order chi connectivity index (χ1) is 22.7. The van der Waals surface area contributed by atoms with Crippen LogP contribution in [0.2, 0.25) is 0 Å². The molecule has 2 saturated carbocycles. The summed E-state index contributed by atoms with van der Waals surface area (Å²) in [4.78, 5) is 24.5. The van der Waals surface area contributed by atoms with Gasteiger partial charge in [-0.25, -0.2) is 37.1 Å². The Morgan fingerprint density at radius 1 is 0.936 bits per heavy atom. The molecule has 3 aliphatic rings. The van der Waals surface area contributed by atoms with Gasteiger partial charge in [0.15, 0.2) is 5.82 Å².